The Balaban J connectivity index is 1.51. The second-order valence-electron chi connectivity index (χ2n) is 8.08. The van der Waals surface area contributed by atoms with Crippen LogP contribution in [0.1, 0.15) is 29.5 Å². The van der Waals surface area contributed by atoms with Crippen molar-refractivity contribution >= 4 is 17.1 Å². The lowest BCUT2D eigenvalue weighted by atomic mass is 9.99. The maximum Gasteiger partial charge on any atom is 0.163 e. The van der Waals surface area contributed by atoms with Gasteiger partial charge in [0.05, 0.1) is 11.4 Å². The highest BCUT2D eigenvalue weighted by atomic mass is 16.3. The van der Waals surface area contributed by atoms with Crippen LogP contribution in [0.5, 0.6) is 0 Å². The zero-order valence-electron chi connectivity index (χ0n) is 16.7. The molecule has 148 valence electrons. The number of nitrogens with zero attached hydrogens (tertiary/aromatic N) is 4. The number of azo groups is 1. The van der Waals surface area contributed by atoms with E-state index in [4.69, 9.17) is 4.99 Å². The summed E-state index contributed by atoms with van der Waals surface area (Å²) < 4.78 is 0. The van der Waals surface area contributed by atoms with Gasteiger partial charge in [0.15, 0.2) is 12.2 Å². The van der Waals surface area contributed by atoms with Crippen LogP contribution in [0.4, 0.5) is 5.69 Å². The second kappa shape index (κ2) is 7.21. The van der Waals surface area contributed by atoms with Gasteiger partial charge >= 0.3 is 0 Å². The molecule has 2 fully saturated rings. The molecule has 3 aliphatic rings. The molecule has 1 saturated carbocycles. The molecule has 0 bridgehead atoms. The van der Waals surface area contributed by atoms with Crippen molar-refractivity contribution in [3.8, 4) is 0 Å². The number of benzene rings is 2. The Labute approximate surface area is 170 Å². The van der Waals surface area contributed by atoms with Crippen molar-refractivity contribution in [3.05, 3.63) is 71.3 Å². The van der Waals surface area contributed by atoms with Gasteiger partial charge in [-0.25, -0.2) is 5.43 Å². The number of allylic oxidation sites excluding steroid dienone is 1. The number of aliphatic hydroxyl groups excluding tert-OH is 1. The van der Waals surface area contributed by atoms with Crippen LogP contribution in [-0.2, 0) is 0 Å². The highest BCUT2D eigenvalue weighted by molar-refractivity contribution is 6.04. The number of aryl methyl sites for hydroxylation is 2. The number of hydrazine groups is 1. The minimum absolute atomic E-state index is 0.311. The first-order valence-electron chi connectivity index (χ1n) is 10.2. The molecule has 2 aromatic rings. The van der Waals surface area contributed by atoms with Crippen LogP contribution in [0.3, 0.4) is 0 Å². The summed E-state index contributed by atoms with van der Waals surface area (Å²) in [4.78, 5) is 4.96. The van der Waals surface area contributed by atoms with E-state index in [1.807, 2.05) is 35.3 Å². The van der Waals surface area contributed by atoms with E-state index in [-0.39, 0.29) is 6.17 Å². The van der Waals surface area contributed by atoms with Gasteiger partial charge in [-0.3, -0.25) is 10.0 Å². The van der Waals surface area contributed by atoms with Crippen molar-refractivity contribution in [2.75, 3.05) is 0 Å². The molecule has 6 nitrogen and oxygen atoms in total. The van der Waals surface area contributed by atoms with E-state index in [0.29, 0.717) is 5.92 Å². The van der Waals surface area contributed by atoms with Crippen molar-refractivity contribution in [3.63, 3.8) is 0 Å². The lowest BCUT2D eigenvalue weighted by molar-refractivity contribution is 0.117. The van der Waals surface area contributed by atoms with Crippen molar-refractivity contribution in [2.45, 2.75) is 45.1 Å². The Morgan fingerprint density at radius 3 is 2.62 bits per heavy atom. The SMILES string of the molecule is Cc1ccc(C2=CC(C3CC3)=NC3C(N=Nc4ccccc4)C(O)NN23)c(C)c1. The normalized spacial score (nSPS) is 26.4. The minimum Gasteiger partial charge on any atom is -0.374 e. The number of fused-ring (bicyclic) bond motifs is 1. The molecular weight excluding hydrogens is 362 g/mol. The fourth-order valence-corrected chi connectivity index (χ4v) is 4.02. The van der Waals surface area contributed by atoms with E-state index in [9.17, 15) is 5.11 Å². The van der Waals surface area contributed by atoms with Crippen LogP contribution in [0.25, 0.3) is 5.70 Å². The molecule has 1 aliphatic carbocycles. The van der Waals surface area contributed by atoms with Crippen molar-refractivity contribution in [2.24, 2.45) is 21.1 Å². The number of rotatable bonds is 4. The van der Waals surface area contributed by atoms with Crippen molar-refractivity contribution < 1.29 is 5.11 Å². The third-order valence-corrected chi connectivity index (χ3v) is 5.71. The first kappa shape index (κ1) is 18.2. The Morgan fingerprint density at radius 2 is 1.90 bits per heavy atom. The van der Waals surface area contributed by atoms with Crippen LogP contribution >= 0.6 is 0 Å². The molecule has 2 N–H and O–H groups in total. The van der Waals surface area contributed by atoms with Gasteiger partial charge in [-0.1, -0.05) is 42.0 Å². The summed E-state index contributed by atoms with van der Waals surface area (Å²) in [6.45, 7) is 4.23. The fraction of sp³-hybridized carbons (Fsp3) is 0.348. The average molecular weight is 387 g/mol. The van der Waals surface area contributed by atoms with E-state index >= 15 is 0 Å². The topological polar surface area (TPSA) is 72.6 Å². The van der Waals surface area contributed by atoms with Gasteiger partial charge < -0.3 is 5.11 Å². The molecule has 29 heavy (non-hydrogen) atoms. The Hall–Kier alpha value is -2.83. The first-order chi connectivity index (χ1) is 14.1. The number of hydrogen-bond donors (Lipinski definition) is 2. The molecule has 6 heteroatoms. The number of aliphatic hydroxyl groups is 1. The van der Waals surface area contributed by atoms with Gasteiger partial charge in [0.1, 0.15) is 6.23 Å². The maximum atomic E-state index is 10.7. The van der Waals surface area contributed by atoms with E-state index in [1.54, 1.807) is 0 Å². The Kier molecular flexibility index (Phi) is 4.53. The third-order valence-electron chi connectivity index (χ3n) is 5.71. The molecule has 2 heterocycles. The quantitative estimate of drug-likeness (QED) is 0.775. The smallest absolute Gasteiger partial charge is 0.163 e. The van der Waals surface area contributed by atoms with Gasteiger partial charge in [-0.15, -0.1) is 0 Å². The molecule has 0 spiro atoms. The van der Waals surface area contributed by atoms with Gasteiger partial charge in [0.2, 0.25) is 0 Å². The zero-order chi connectivity index (χ0) is 20.0. The summed E-state index contributed by atoms with van der Waals surface area (Å²) in [5.41, 5.74) is 9.68. The summed E-state index contributed by atoms with van der Waals surface area (Å²) in [6, 6.07) is 15.6. The average Bonchev–Trinajstić information content (AvgIpc) is 3.51. The van der Waals surface area contributed by atoms with Gasteiger partial charge in [-0.05, 0) is 50.5 Å². The van der Waals surface area contributed by atoms with E-state index in [0.717, 1.165) is 22.7 Å². The molecule has 0 aromatic heterocycles. The third kappa shape index (κ3) is 3.50. The van der Waals surface area contributed by atoms with Gasteiger partial charge in [0.25, 0.3) is 0 Å². The summed E-state index contributed by atoms with van der Waals surface area (Å²) in [5, 5.41) is 21.5. The second-order valence-corrected chi connectivity index (χ2v) is 8.08. The molecule has 2 aliphatic heterocycles. The largest absolute Gasteiger partial charge is 0.374 e. The van der Waals surface area contributed by atoms with Crippen LogP contribution in [0.15, 0.2) is 69.8 Å². The van der Waals surface area contributed by atoms with Crippen molar-refractivity contribution in [1.82, 2.24) is 10.4 Å². The van der Waals surface area contributed by atoms with Crippen molar-refractivity contribution in [1.29, 1.82) is 0 Å². The first-order valence-corrected chi connectivity index (χ1v) is 10.2. The maximum absolute atomic E-state index is 10.7. The lowest BCUT2D eigenvalue weighted by Crippen LogP contribution is -2.40. The van der Waals surface area contributed by atoms with Crippen LogP contribution in [0.2, 0.25) is 0 Å². The standard InChI is InChI=1S/C23H25N5O/c1-14-8-11-18(15(2)12-14)20-13-19(16-9-10-16)24-22-21(23(29)27-28(20)22)26-25-17-6-4-3-5-7-17/h3-8,11-13,16,21-23,27,29H,9-10H2,1-2H3. The predicted octanol–water partition coefficient (Wildman–Crippen LogP) is 4.13. The number of aliphatic imine (C=N–C) groups is 1. The molecule has 3 atom stereocenters. The van der Waals surface area contributed by atoms with Crippen LogP contribution in [0, 0.1) is 19.8 Å². The number of hydrogen-bond acceptors (Lipinski definition) is 6. The summed E-state index contributed by atoms with van der Waals surface area (Å²) in [6.07, 6.45) is 3.36. The monoisotopic (exact) mass is 387 g/mol. The highest BCUT2D eigenvalue weighted by Gasteiger charge is 2.46. The molecule has 5 rings (SSSR count). The molecule has 2 aromatic carbocycles. The molecule has 0 radical (unpaired) electrons. The van der Waals surface area contributed by atoms with Gasteiger partial charge in [-0.2, -0.15) is 10.2 Å². The zero-order valence-corrected chi connectivity index (χ0v) is 16.7. The predicted molar refractivity (Wildman–Crippen MR) is 114 cm³/mol. The molecule has 1 saturated heterocycles. The molecule has 3 unspecified atom stereocenters. The Morgan fingerprint density at radius 1 is 1.10 bits per heavy atom. The number of nitrogens with one attached hydrogen (secondary N) is 1. The van der Waals surface area contributed by atoms with E-state index in [1.165, 1.54) is 24.0 Å². The van der Waals surface area contributed by atoms with E-state index in [2.05, 4.69) is 53.8 Å². The van der Waals surface area contributed by atoms with Gasteiger partial charge in [0, 0.05) is 17.2 Å². The lowest BCUT2D eigenvalue weighted by Gasteiger charge is -2.31. The highest BCUT2D eigenvalue weighted by Crippen LogP contribution is 2.39. The van der Waals surface area contributed by atoms with E-state index < -0.39 is 12.3 Å². The van der Waals surface area contributed by atoms with Crippen LogP contribution < -0.4 is 5.43 Å². The Bertz CT molecular complexity index is 1010. The summed E-state index contributed by atoms with van der Waals surface area (Å²) >= 11 is 0. The fourth-order valence-electron chi connectivity index (χ4n) is 4.02. The summed E-state index contributed by atoms with van der Waals surface area (Å²) in [5.74, 6) is 0.516. The van der Waals surface area contributed by atoms with Crippen LogP contribution in [-0.4, -0.2) is 34.3 Å². The molecule has 0 amide bonds. The summed E-state index contributed by atoms with van der Waals surface area (Å²) in [7, 11) is 0. The molecular formula is C23H25N5O. The minimum atomic E-state index is -0.844.